The number of nitrogens with one attached hydrogen (secondary N) is 1. The number of rotatable bonds is 4. The van der Waals surface area contributed by atoms with Crippen molar-refractivity contribution >= 4 is 11.8 Å². The molecule has 0 aliphatic carbocycles. The van der Waals surface area contributed by atoms with Crippen molar-refractivity contribution in [1.82, 2.24) is 5.32 Å². The van der Waals surface area contributed by atoms with Gasteiger partial charge >= 0.3 is 0 Å². The van der Waals surface area contributed by atoms with Crippen molar-refractivity contribution in [3.63, 3.8) is 0 Å². The highest BCUT2D eigenvalue weighted by Gasteiger charge is 2.12. The zero-order chi connectivity index (χ0) is 7.94. The Bertz CT molecular complexity index is 94.1. The average Bonchev–Trinajstić information content (AvgIpc) is 2.07. The van der Waals surface area contributed by atoms with E-state index in [1.807, 2.05) is 0 Å². The Morgan fingerprint density at radius 3 is 2.73 bits per heavy atom. The van der Waals surface area contributed by atoms with E-state index in [1.54, 1.807) is 0 Å². The van der Waals surface area contributed by atoms with E-state index < -0.39 is 0 Å². The third-order valence-corrected chi connectivity index (χ3v) is 3.11. The van der Waals surface area contributed by atoms with E-state index in [2.05, 4.69) is 17.1 Å². The molecule has 0 radical (unpaired) electrons. The van der Waals surface area contributed by atoms with Crippen LogP contribution >= 0.6 is 11.8 Å². The quantitative estimate of drug-likeness (QED) is 0.617. The second-order valence-electron chi connectivity index (χ2n) is 2.98. The van der Waals surface area contributed by atoms with E-state index in [4.69, 9.17) is 5.11 Å². The molecule has 1 rings (SSSR count). The van der Waals surface area contributed by atoms with Gasteiger partial charge < -0.3 is 10.4 Å². The summed E-state index contributed by atoms with van der Waals surface area (Å²) in [4.78, 5) is 0. The standard InChI is InChI=1S/C8H17NOS/c10-4-3-9-7-8-1-5-11-6-2-8/h8-10H,1-7H2. The van der Waals surface area contributed by atoms with E-state index in [1.165, 1.54) is 24.3 Å². The largest absolute Gasteiger partial charge is 0.395 e. The molecule has 0 aromatic rings. The molecule has 1 fully saturated rings. The minimum absolute atomic E-state index is 0.265. The lowest BCUT2D eigenvalue weighted by Crippen LogP contribution is -2.27. The summed E-state index contributed by atoms with van der Waals surface area (Å²) in [5, 5.41) is 11.8. The van der Waals surface area contributed by atoms with Gasteiger partial charge in [0, 0.05) is 6.54 Å². The van der Waals surface area contributed by atoms with Crippen LogP contribution < -0.4 is 5.32 Å². The average molecular weight is 175 g/mol. The number of hydrogen-bond acceptors (Lipinski definition) is 3. The Kier molecular flexibility index (Phi) is 4.99. The summed E-state index contributed by atoms with van der Waals surface area (Å²) in [6, 6.07) is 0. The van der Waals surface area contributed by atoms with Gasteiger partial charge in [0.05, 0.1) is 6.61 Å². The van der Waals surface area contributed by atoms with Gasteiger partial charge in [-0.2, -0.15) is 11.8 Å². The molecule has 1 heterocycles. The van der Waals surface area contributed by atoms with Crippen molar-refractivity contribution in [2.45, 2.75) is 12.8 Å². The Labute approximate surface area is 72.8 Å². The Hall–Kier alpha value is 0.270. The summed E-state index contributed by atoms with van der Waals surface area (Å²) < 4.78 is 0. The lowest BCUT2D eigenvalue weighted by atomic mass is 10.0. The molecule has 66 valence electrons. The first-order valence-corrected chi connectivity index (χ1v) is 5.48. The minimum Gasteiger partial charge on any atom is -0.395 e. The molecular weight excluding hydrogens is 158 g/mol. The summed E-state index contributed by atoms with van der Waals surface area (Å²) in [6.45, 7) is 2.12. The maximum Gasteiger partial charge on any atom is 0.0555 e. The zero-order valence-electron chi connectivity index (χ0n) is 6.88. The summed E-state index contributed by atoms with van der Waals surface area (Å²) in [5.41, 5.74) is 0. The molecular formula is C8H17NOS. The predicted octanol–water partition coefficient (Wildman–Crippen LogP) is 0.711. The van der Waals surface area contributed by atoms with E-state index in [9.17, 15) is 0 Å². The molecule has 2 nitrogen and oxygen atoms in total. The molecule has 11 heavy (non-hydrogen) atoms. The van der Waals surface area contributed by atoms with Crippen molar-refractivity contribution in [2.24, 2.45) is 5.92 Å². The minimum atomic E-state index is 0.265. The molecule has 2 N–H and O–H groups in total. The van der Waals surface area contributed by atoms with Gasteiger partial charge in [-0.05, 0) is 36.8 Å². The van der Waals surface area contributed by atoms with Gasteiger partial charge in [-0.1, -0.05) is 0 Å². The second kappa shape index (κ2) is 5.86. The zero-order valence-corrected chi connectivity index (χ0v) is 7.70. The number of thioether (sulfide) groups is 1. The van der Waals surface area contributed by atoms with Gasteiger partial charge in [0.15, 0.2) is 0 Å². The summed E-state index contributed by atoms with van der Waals surface area (Å²) in [6.07, 6.45) is 2.70. The molecule has 0 bridgehead atoms. The number of hydrogen-bond donors (Lipinski definition) is 2. The van der Waals surface area contributed by atoms with Crippen LogP contribution in [0.5, 0.6) is 0 Å². The Balaban J connectivity index is 1.96. The van der Waals surface area contributed by atoms with E-state index in [0.717, 1.165) is 19.0 Å². The van der Waals surface area contributed by atoms with Gasteiger partial charge in [0.25, 0.3) is 0 Å². The van der Waals surface area contributed by atoms with Crippen molar-refractivity contribution in [3.8, 4) is 0 Å². The van der Waals surface area contributed by atoms with Crippen LogP contribution in [-0.2, 0) is 0 Å². The van der Waals surface area contributed by atoms with Crippen LogP contribution in [0.15, 0.2) is 0 Å². The third kappa shape index (κ3) is 3.99. The van der Waals surface area contributed by atoms with Crippen molar-refractivity contribution < 1.29 is 5.11 Å². The molecule has 0 atom stereocenters. The highest BCUT2D eigenvalue weighted by molar-refractivity contribution is 7.99. The van der Waals surface area contributed by atoms with Crippen LogP contribution in [0.25, 0.3) is 0 Å². The topological polar surface area (TPSA) is 32.3 Å². The molecule has 0 unspecified atom stereocenters. The molecule has 3 heteroatoms. The smallest absolute Gasteiger partial charge is 0.0555 e. The van der Waals surface area contributed by atoms with Crippen LogP contribution in [0.1, 0.15) is 12.8 Å². The predicted molar refractivity (Wildman–Crippen MR) is 50.0 cm³/mol. The van der Waals surface area contributed by atoms with Crippen LogP contribution in [0.2, 0.25) is 0 Å². The highest BCUT2D eigenvalue weighted by atomic mass is 32.2. The van der Waals surface area contributed by atoms with E-state index in [0.29, 0.717) is 0 Å². The SMILES string of the molecule is OCCNCC1CCSCC1. The van der Waals surface area contributed by atoms with Crippen LogP contribution in [0.3, 0.4) is 0 Å². The van der Waals surface area contributed by atoms with Crippen molar-refractivity contribution in [2.75, 3.05) is 31.2 Å². The first-order chi connectivity index (χ1) is 5.43. The van der Waals surface area contributed by atoms with Gasteiger partial charge in [0.2, 0.25) is 0 Å². The molecule has 0 spiro atoms. The normalized spacial score (nSPS) is 20.5. The maximum absolute atomic E-state index is 8.53. The fourth-order valence-electron chi connectivity index (χ4n) is 1.34. The van der Waals surface area contributed by atoms with Crippen LogP contribution in [-0.4, -0.2) is 36.3 Å². The molecule has 1 aliphatic rings. The molecule has 0 aromatic heterocycles. The molecule has 1 saturated heterocycles. The monoisotopic (exact) mass is 175 g/mol. The number of aliphatic hydroxyl groups excluding tert-OH is 1. The summed E-state index contributed by atoms with van der Waals surface area (Å²) >= 11 is 2.06. The second-order valence-corrected chi connectivity index (χ2v) is 4.21. The lowest BCUT2D eigenvalue weighted by molar-refractivity contribution is 0.286. The Morgan fingerprint density at radius 1 is 1.36 bits per heavy atom. The maximum atomic E-state index is 8.53. The van der Waals surface area contributed by atoms with Gasteiger partial charge in [0.1, 0.15) is 0 Å². The number of aliphatic hydroxyl groups is 1. The summed E-state index contributed by atoms with van der Waals surface area (Å²) in [7, 11) is 0. The van der Waals surface area contributed by atoms with Crippen LogP contribution in [0.4, 0.5) is 0 Å². The highest BCUT2D eigenvalue weighted by Crippen LogP contribution is 2.21. The van der Waals surface area contributed by atoms with Crippen LogP contribution in [0, 0.1) is 5.92 Å². The van der Waals surface area contributed by atoms with Crippen molar-refractivity contribution in [1.29, 1.82) is 0 Å². The first kappa shape index (κ1) is 9.36. The van der Waals surface area contributed by atoms with Crippen molar-refractivity contribution in [3.05, 3.63) is 0 Å². The molecule has 0 saturated carbocycles. The van der Waals surface area contributed by atoms with E-state index in [-0.39, 0.29) is 6.61 Å². The fourth-order valence-corrected chi connectivity index (χ4v) is 2.54. The molecule has 1 aliphatic heterocycles. The third-order valence-electron chi connectivity index (χ3n) is 2.06. The summed E-state index contributed by atoms with van der Waals surface area (Å²) in [5.74, 6) is 3.51. The van der Waals surface area contributed by atoms with Gasteiger partial charge in [-0.15, -0.1) is 0 Å². The van der Waals surface area contributed by atoms with E-state index >= 15 is 0 Å². The Morgan fingerprint density at radius 2 is 2.09 bits per heavy atom. The van der Waals surface area contributed by atoms with Gasteiger partial charge in [-0.25, -0.2) is 0 Å². The van der Waals surface area contributed by atoms with Gasteiger partial charge in [-0.3, -0.25) is 0 Å². The first-order valence-electron chi connectivity index (χ1n) is 4.33. The molecule has 0 amide bonds. The molecule has 0 aromatic carbocycles. The lowest BCUT2D eigenvalue weighted by Gasteiger charge is -2.21. The fraction of sp³-hybridized carbons (Fsp3) is 1.00.